The number of amides is 1. The smallest absolute Gasteiger partial charge is 0.467 e. The van der Waals surface area contributed by atoms with E-state index in [0.717, 1.165) is 12.7 Å². The van der Waals surface area contributed by atoms with Gasteiger partial charge in [-0.2, -0.15) is 21.6 Å². The second kappa shape index (κ2) is 10.1. The van der Waals surface area contributed by atoms with E-state index in [-0.39, 0.29) is 23.3 Å². The lowest BCUT2D eigenvalue weighted by Gasteiger charge is -2.32. The fraction of sp³-hybridized carbons (Fsp3) is 0.318. The van der Waals surface area contributed by atoms with Gasteiger partial charge in [-0.25, -0.2) is 9.29 Å². The van der Waals surface area contributed by atoms with Gasteiger partial charge < -0.3 is 10.1 Å². The van der Waals surface area contributed by atoms with Crippen LogP contribution in [0.5, 0.6) is 0 Å². The summed E-state index contributed by atoms with van der Waals surface area (Å²) in [6.45, 7) is 1.46. The van der Waals surface area contributed by atoms with Crippen molar-refractivity contribution in [2.75, 3.05) is 25.2 Å². The first-order valence-corrected chi connectivity index (χ1v) is 12.8. The Morgan fingerprint density at radius 1 is 1.16 bits per heavy atom. The van der Waals surface area contributed by atoms with Gasteiger partial charge in [0, 0.05) is 12.7 Å². The summed E-state index contributed by atoms with van der Waals surface area (Å²) in [4.78, 5) is 17.4. The zero-order valence-corrected chi connectivity index (χ0v) is 21.2. The van der Waals surface area contributed by atoms with Crippen molar-refractivity contribution in [1.29, 1.82) is 0 Å². The molecule has 0 bridgehead atoms. The van der Waals surface area contributed by atoms with E-state index in [2.05, 4.69) is 15.4 Å². The van der Waals surface area contributed by atoms with E-state index >= 15 is 0 Å². The van der Waals surface area contributed by atoms with Gasteiger partial charge in [0.25, 0.3) is 5.91 Å². The summed E-state index contributed by atoms with van der Waals surface area (Å²) in [6, 6.07) is 9.45. The quantitative estimate of drug-likeness (QED) is 0.497. The molecule has 0 spiro atoms. The standard InChI is InChI=1S/C22H22ClF3N6O4S/c1-3-17-19(30-13-15(23)6-9-18(30)28-17)20(33)27-12-14-4-7-16(8-5-14)31-10-11-32(21(29-31)36-2)37(34,35)22(24,25)26/h4-9,13H,3,10-12H2,1-2H3,(H,27,33). The van der Waals surface area contributed by atoms with Crippen LogP contribution in [0, 0.1) is 0 Å². The van der Waals surface area contributed by atoms with E-state index in [1.165, 1.54) is 5.01 Å². The summed E-state index contributed by atoms with van der Waals surface area (Å²) < 4.78 is 69.0. The Hall–Kier alpha value is -3.52. The maximum atomic E-state index is 13.0. The van der Waals surface area contributed by atoms with Crippen LogP contribution in [0.3, 0.4) is 0 Å². The van der Waals surface area contributed by atoms with Crippen molar-refractivity contribution in [3.05, 3.63) is 64.6 Å². The number of ether oxygens (including phenoxy) is 1. The molecule has 3 heterocycles. The monoisotopic (exact) mass is 558 g/mol. The van der Waals surface area contributed by atoms with E-state index in [9.17, 15) is 26.4 Å². The van der Waals surface area contributed by atoms with E-state index in [4.69, 9.17) is 16.3 Å². The first kappa shape index (κ1) is 26.5. The summed E-state index contributed by atoms with van der Waals surface area (Å²) in [7, 11) is -4.60. The van der Waals surface area contributed by atoms with E-state index in [1.54, 1.807) is 47.0 Å². The van der Waals surface area contributed by atoms with Crippen LogP contribution in [0.25, 0.3) is 5.65 Å². The zero-order chi connectivity index (χ0) is 27.0. The number of carbonyl (C=O) groups is 1. The molecule has 2 aromatic heterocycles. The molecular formula is C22H22ClF3N6O4S. The van der Waals surface area contributed by atoms with Crippen molar-refractivity contribution < 1.29 is 31.1 Å². The third kappa shape index (κ3) is 5.16. The van der Waals surface area contributed by atoms with Crippen LogP contribution in [-0.4, -0.2) is 59.7 Å². The molecule has 0 fully saturated rings. The summed E-state index contributed by atoms with van der Waals surface area (Å²) in [5.74, 6) is -0.327. The minimum Gasteiger partial charge on any atom is -0.467 e. The van der Waals surface area contributed by atoms with Crippen molar-refractivity contribution in [1.82, 2.24) is 19.0 Å². The van der Waals surface area contributed by atoms with Crippen molar-refractivity contribution in [3.8, 4) is 0 Å². The van der Waals surface area contributed by atoms with Crippen LogP contribution < -0.4 is 10.3 Å². The number of carbonyl (C=O) groups excluding carboxylic acids is 1. The van der Waals surface area contributed by atoms with Crippen LogP contribution in [0.15, 0.2) is 47.7 Å². The number of hydrogen-bond acceptors (Lipinski definition) is 7. The number of imidazole rings is 1. The van der Waals surface area contributed by atoms with Gasteiger partial charge in [0.2, 0.25) is 0 Å². The van der Waals surface area contributed by atoms with Gasteiger partial charge in [0.05, 0.1) is 36.6 Å². The van der Waals surface area contributed by atoms with E-state index < -0.39 is 28.1 Å². The number of methoxy groups -OCH3 is 1. The van der Waals surface area contributed by atoms with Crippen molar-refractivity contribution >= 4 is 44.9 Å². The third-order valence-electron chi connectivity index (χ3n) is 5.59. The van der Waals surface area contributed by atoms with Crippen LogP contribution in [-0.2, 0) is 27.7 Å². The van der Waals surface area contributed by atoms with Crippen LogP contribution in [0.2, 0.25) is 5.02 Å². The van der Waals surface area contributed by atoms with Crippen LogP contribution >= 0.6 is 11.6 Å². The number of pyridine rings is 1. The molecule has 1 aliphatic heterocycles. The highest BCUT2D eigenvalue weighted by Crippen LogP contribution is 2.29. The SMILES string of the molecule is CCc1nc2ccc(Cl)cn2c1C(=O)NCc1ccc(N2CCN(S(=O)(=O)C(F)(F)F)C(OC)=N2)cc1. The number of anilines is 1. The Kier molecular flexibility index (Phi) is 7.24. The van der Waals surface area contributed by atoms with Gasteiger partial charge >= 0.3 is 21.6 Å². The second-order valence-electron chi connectivity index (χ2n) is 7.92. The Balaban J connectivity index is 1.47. The normalized spacial score (nSPS) is 14.6. The number of aromatic nitrogens is 2. The number of sulfonamides is 1. The molecule has 37 heavy (non-hydrogen) atoms. The number of aryl methyl sites for hydroxylation is 1. The first-order valence-electron chi connectivity index (χ1n) is 11.0. The first-order chi connectivity index (χ1) is 17.5. The molecule has 0 aliphatic carbocycles. The van der Waals surface area contributed by atoms with Crippen molar-refractivity contribution in [3.63, 3.8) is 0 Å². The second-order valence-corrected chi connectivity index (χ2v) is 10.2. The number of rotatable bonds is 6. The Bertz CT molecular complexity index is 1460. The number of alkyl halides is 3. The Morgan fingerprint density at radius 2 is 1.86 bits per heavy atom. The van der Waals surface area contributed by atoms with Crippen molar-refractivity contribution in [2.45, 2.75) is 25.4 Å². The molecule has 0 radical (unpaired) electrons. The van der Waals surface area contributed by atoms with Gasteiger partial charge in [-0.3, -0.25) is 14.2 Å². The molecule has 3 aromatic rings. The fourth-order valence-electron chi connectivity index (χ4n) is 3.77. The van der Waals surface area contributed by atoms with Crippen LogP contribution in [0.1, 0.15) is 28.7 Å². The summed E-state index contributed by atoms with van der Waals surface area (Å²) in [5.41, 5.74) is -2.60. The van der Waals surface area contributed by atoms with Crippen LogP contribution in [0.4, 0.5) is 18.9 Å². The van der Waals surface area contributed by atoms with Gasteiger partial charge in [0.1, 0.15) is 11.3 Å². The molecule has 0 saturated carbocycles. The molecule has 4 rings (SSSR count). The summed E-state index contributed by atoms with van der Waals surface area (Å²) in [5, 5.41) is 8.56. The number of hydrazone groups is 1. The van der Waals surface area contributed by atoms with Gasteiger partial charge in [-0.05, 0) is 36.2 Å². The fourth-order valence-corrected chi connectivity index (χ4v) is 4.82. The number of nitrogens with one attached hydrogen (secondary N) is 1. The van der Waals surface area contributed by atoms with Crippen molar-refractivity contribution in [2.24, 2.45) is 5.10 Å². The molecule has 1 aliphatic rings. The van der Waals surface area contributed by atoms with E-state index in [1.807, 2.05) is 6.92 Å². The van der Waals surface area contributed by atoms with E-state index in [0.29, 0.717) is 34.2 Å². The maximum absolute atomic E-state index is 13.0. The molecular weight excluding hydrogens is 537 g/mol. The largest absolute Gasteiger partial charge is 0.516 e. The number of hydrogen-bond donors (Lipinski definition) is 1. The topological polar surface area (TPSA) is 109 Å². The number of fused-ring (bicyclic) bond motifs is 1. The van der Waals surface area contributed by atoms with Gasteiger partial charge in [-0.15, -0.1) is 5.10 Å². The lowest BCUT2D eigenvalue weighted by atomic mass is 10.2. The number of halogens is 4. The molecule has 15 heteroatoms. The average Bonchev–Trinajstić information content (AvgIpc) is 3.24. The maximum Gasteiger partial charge on any atom is 0.516 e. The summed E-state index contributed by atoms with van der Waals surface area (Å²) in [6.07, 6.45) is 2.18. The predicted molar refractivity (Wildman–Crippen MR) is 131 cm³/mol. The zero-order valence-electron chi connectivity index (χ0n) is 19.7. The van der Waals surface area contributed by atoms with Gasteiger partial charge in [-0.1, -0.05) is 30.7 Å². The molecule has 1 N–H and O–H groups in total. The molecule has 10 nitrogen and oxygen atoms in total. The Labute approximate surface area is 215 Å². The molecule has 0 atom stereocenters. The lowest BCUT2D eigenvalue weighted by molar-refractivity contribution is -0.0477. The highest BCUT2D eigenvalue weighted by atomic mass is 35.5. The molecule has 1 amide bonds. The van der Waals surface area contributed by atoms with Gasteiger partial charge in [0.15, 0.2) is 0 Å². The summed E-state index contributed by atoms with van der Waals surface area (Å²) >= 11 is 6.08. The number of nitrogens with zero attached hydrogens (tertiary/aromatic N) is 5. The number of benzene rings is 1. The minimum atomic E-state index is -5.63. The highest BCUT2D eigenvalue weighted by molar-refractivity contribution is 7.90. The molecule has 0 unspecified atom stereocenters. The lowest BCUT2D eigenvalue weighted by Crippen LogP contribution is -2.51. The predicted octanol–water partition coefficient (Wildman–Crippen LogP) is 3.37. The molecule has 1 aromatic carbocycles. The average molecular weight is 559 g/mol. The minimum absolute atomic E-state index is 0.0886. The Morgan fingerprint density at radius 3 is 2.49 bits per heavy atom. The number of amidine groups is 1. The molecule has 0 saturated heterocycles. The third-order valence-corrected chi connectivity index (χ3v) is 7.32. The highest BCUT2D eigenvalue weighted by Gasteiger charge is 2.52. The molecule has 198 valence electrons.